The van der Waals surface area contributed by atoms with Crippen molar-refractivity contribution in [1.29, 1.82) is 0 Å². The highest BCUT2D eigenvalue weighted by Crippen LogP contribution is 2.27. The molecule has 2 aromatic carbocycles. The lowest BCUT2D eigenvalue weighted by atomic mass is 10.0. The van der Waals surface area contributed by atoms with Crippen molar-refractivity contribution in [2.45, 2.75) is 26.7 Å². The summed E-state index contributed by atoms with van der Waals surface area (Å²) in [6.07, 6.45) is 0. The Bertz CT molecular complexity index is 693. The molecule has 86 valence electrons. The number of benzene rings is 2. The van der Waals surface area contributed by atoms with Crippen LogP contribution in [-0.2, 0) is 0 Å². The third-order valence-corrected chi connectivity index (χ3v) is 3.27. The van der Waals surface area contributed by atoms with Gasteiger partial charge in [0.05, 0.1) is 11.0 Å². The van der Waals surface area contributed by atoms with Gasteiger partial charge in [-0.3, -0.25) is 0 Å². The van der Waals surface area contributed by atoms with Crippen LogP contribution in [0.15, 0.2) is 30.3 Å². The maximum Gasteiger partial charge on any atom is 0.109 e. The lowest BCUT2D eigenvalue weighted by Crippen LogP contribution is -1.88. The monoisotopic (exact) mass is 224 g/mol. The molecule has 0 aliphatic rings. The zero-order valence-electron chi connectivity index (χ0n) is 10.4. The van der Waals surface area contributed by atoms with E-state index < -0.39 is 0 Å². The molecule has 0 spiro atoms. The van der Waals surface area contributed by atoms with Crippen LogP contribution >= 0.6 is 0 Å². The second kappa shape index (κ2) is 3.59. The zero-order chi connectivity index (χ0) is 12.0. The first-order valence-electron chi connectivity index (χ1n) is 6.05. The Morgan fingerprint density at radius 1 is 1.12 bits per heavy atom. The molecular weight excluding hydrogens is 208 g/mol. The lowest BCUT2D eigenvalue weighted by Gasteiger charge is -2.01. The Morgan fingerprint density at radius 3 is 2.71 bits per heavy atom. The van der Waals surface area contributed by atoms with Crippen LogP contribution in [0.25, 0.3) is 21.8 Å². The fourth-order valence-corrected chi connectivity index (χ4v) is 2.32. The standard InChI is InChI=1S/C15H16N2/c1-9(2)15-16-12-8-7-11-6-4-5-10(3)13(11)14(12)17-15/h4-9H,1-3H3,(H,16,17). The molecule has 0 atom stereocenters. The first-order valence-corrected chi connectivity index (χ1v) is 6.05. The van der Waals surface area contributed by atoms with Crippen LogP contribution in [0.4, 0.5) is 0 Å². The molecule has 0 amide bonds. The highest BCUT2D eigenvalue weighted by atomic mass is 14.9. The van der Waals surface area contributed by atoms with Gasteiger partial charge in [0.1, 0.15) is 5.82 Å². The third-order valence-electron chi connectivity index (χ3n) is 3.27. The van der Waals surface area contributed by atoms with Crippen LogP contribution in [0, 0.1) is 6.92 Å². The van der Waals surface area contributed by atoms with Gasteiger partial charge in [0, 0.05) is 11.3 Å². The van der Waals surface area contributed by atoms with Crippen molar-refractivity contribution in [3.8, 4) is 0 Å². The number of aryl methyl sites for hydroxylation is 1. The topological polar surface area (TPSA) is 28.7 Å². The number of aromatic nitrogens is 2. The van der Waals surface area contributed by atoms with Gasteiger partial charge in [-0.2, -0.15) is 0 Å². The number of hydrogen-bond acceptors (Lipinski definition) is 1. The Balaban J connectivity index is 2.46. The van der Waals surface area contributed by atoms with Gasteiger partial charge in [-0.15, -0.1) is 0 Å². The molecule has 0 unspecified atom stereocenters. The fraction of sp³-hybridized carbons (Fsp3) is 0.267. The summed E-state index contributed by atoms with van der Waals surface area (Å²) in [5.41, 5.74) is 3.52. The minimum absolute atomic E-state index is 0.432. The number of nitrogens with one attached hydrogen (secondary N) is 1. The molecule has 0 aliphatic heterocycles. The SMILES string of the molecule is Cc1cccc2ccc3[nH]c(C(C)C)nc3c12. The Kier molecular flexibility index (Phi) is 2.18. The molecule has 2 nitrogen and oxygen atoms in total. The predicted octanol–water partition coefficient (Wildman–Crippen LogP) is 4.15. The molecule has 1 aromatic heterocycles. The van der Waals surface area contributed by atoms with Crippen molar-refractivity contribution in [2.24, 2.45) is 0 Å². The number of imidazole rings is 1. The van der Waals surface area contributed by atoms with Crippen LogP contribution in [0.3, 0.4) is 0 Å². The molecule has 1 N–H and O–H groups in total. The first-order chi connectivity index (χ1) is 8.16. The van der Waals surface area contributed by atoms with Gasteiger partial charge in [-0.1, -0.05) is 38.1 Å². The summed E-state index contributed by atoms with van der Waals surface area (Å²) in [5, 5.41) is 2.53. The van der Waals surface area contributed by atoms with E-state index in [9.17, 15) is 0 Å². The van der Waals surface area contributed by atoms with Crippen LogP contribution in [0.2, 0.25) is 0 Å². The van der Waals surface area contributed by atoms with Gasteiger partial charge >= 0.3 is 0 Å². The number of hydrogen-bond donors (Lipinski definition) is 1. The number of rotatable bonds is 1. The minimum atomic E-state index is 0.432. The Hall–Kier alpha value is -1.83. The summed E-state index contributed by atoms with van der Waals surface area (Å²) in [6.45, 7) is 6.46. The zero-order valence-corrected chi connectivity index (χ0v) is 10.4. The maximum absolute atomic E-state index is 4.75. The van der Waals surface area contributed by atoms with Crippen LogP contribution in [-0.4, -0.2) is 9.97 Å². The first kappa shape index (κ1) is 10.3. The summed E-state index contributed by atoms with van der Waals surface area (Å²) in [4.78, 5) is 8.15. The van der Waals surface area contributed by atoms with Crippen molar-refractivity contribution in [3.63, 3.8) is 0 Å². The van der Waals surface area contributed by atoms with E-state index in [1.54, 1.807) is 0 Å². The average molecular weight is 224 g/mol. The van der Waals surface area contributed by atoms with Crippen molar-refractivity contribution >= 4 is 21.8 Å². The summed E-state index contributed by atoms with van der Waals surface area (Å²) >= 11 is 0. The molecule has 0 radical (unpaired) electrons. The molecule has 1 heterocycles. The van der Waals surface area contributed by atoms with E-state index in [1.165, 1.54) is 16.3 Å². The van der Waals surface area contributed by atoms with E-state index in [1.807, 2.05) is 0 Å². The van der Waals surface area contributed by atoms with E-state index in [4.69, 9.17) is 4.98 Å². The summed E-state index contributed by atoms with van der Waals surface area (Å²) in [5.74, 6) is 1.50. The highest BCUT2D eigenvalue weighted by molar-refractivity contribution is 6.05. The Labute approximate surface area is 101 Å². The Morgan fingerprint density at radius 2 is 1.94 bits per heavy atom. The maximum atomic E-state index is 4.75. The normalized spacial score (nSPS) is 11.8. The molecule has 0 saturated heterocycles. The number of H-pyrrole nitrogens is 1. The van der Waals surface area contributed by atoms with Gasteiger partial charge in [-0.25, -0.2) is 4.98 Å². The van der Waals surface area contributed by atoms with Gasteiger partial charge in [-0.05, 0) is 23.9 Å². The van der Waals surface area contributed by atoms with E-state index in [0.717, 1.165) is 16.9 Å². The molecule has 17 heavy (non-hydrogen) atoms. The second-order valence-electron chi connectivity index (χ2n) is 4.91. The van der Waals surface area contributed by atoms with Crippen LogP contribution in [0.5, 0.6) is 0 Å². The molecule has 0 fully saturated rings. The van der Waals surface area contributed by atoms with Gasteiger partial charge < -0.3 is 4.98 Å². The molecule has 0 saturated carbocycles. The number of fused-ring (bicyclic) bond motifs is 3. The second-order valence-corrected chi connectivity index (χ2v) is 4.91. The van der Waals surface area contributed by atoms with E-state index in [-0.39, 0.29) is 0 Å². The van der Waals surface area contributed by atoms with E-state index in [0.29, 0.717) is 5.92 Å². The molecule has 0 bridgehead atoms. The van der Waals surface area contributed by atoms with E-state index in [2.05, 4.69) is 56.1 Å². The predicted molar refractivity (Wildman–Crippen MR) is 72.4 cm³/mol. The van der Waals surface area contributed by atoms with Crippen molar-refractivity contribution < 1.29 is 0 Å². The average Bonchev–Trinajstić information content (AvgIpc) is 2.73. The van der Waals surface area contributed by atoms with Crippen molar-refractivity contribution in [1.82, 2.24) is 9.97 Å². The molecule has 3 rings (SSSR count). The molecule has 2 heteroatoms. The van der Waals surface area contributed by atoms with E-state index >= 15 is 0 Å². The highest BCUT2D eigenvalue weighted by Gasteiger charge is 2.10. The van der Waals surface area contributed by atoms with Crippen LogP contribution < -0.4 is 0 Å². The van der Waals surface area contributed by atoms with Gasteiger partial charge in [0.25, 0.3) is 0 Å². The van der Waals surface area contributed by atoms with Gasteiger partial charge in [0.15, 0.2) is 0 Å². The van der Waals surface area contributed by atoms with Crippen molar-refractivity contribution in [2.75, 3.05) is 0 Å². The third kappa shape index (κ3) is 1.52. The van der Waals surface area contributed by atoms with Gasteiger partial charge in [0.2, 0.25) is 0 Å². The number of nitrogens with zero attached hydrogens (tertiary/aromatic N) is 1. The molecule has 3 aromatic rings. The largest absolute Gasteiger partial charge is 0.342 e. The molecular formula is C15H16N2. The van der Waals surface area contributed by atoms with Crippen LogP contribution in [0.1, 0.15) is 31.2 Å². The minimum Gasteiger partial charge on any atom is -0.342 e. The lowest BCUT2D eigenvalue weighted by molar-refractivity contribution is 0.799. The van der Waals surface area contributed by atoms with Crippen molar-refractivity contribution in [3.05, 3.63) is 41.7 Å². The summed E-state index contributed by atoms with van der Waals surface area (Å²) in [7, 11) is 0. The molecule has 0 aliphatic carbocycles. The summed E-state index contributed by atoms with van der Waals surface area (Å²) in [6, 6.07) is 10.7. The summed E-state index contributed by atoms with van der Waals surface area (Å²) < 4.78 is 0. The smallest absolute Gasteiger partial charge is 0.109 e. The number of aromatic amines is 1. The quantitative estimate of drug-likeness (QED) is 0.661. The fourth-order valence-electron chi connectivity index (χ4n) is 2.32.